The lowest BCUT2D eigenvalue weighted by Gasteiger charge is -2.17. The number of carbonyl (C=O) groups excluding carboxylic acids is 1. The van der Waals surface area contributed by atoms with E-state index in [1.807, 2.05) is 0 Å². The lowest BCUT2D eigenvalue weighted by molar-refractivity contribution is -0.131. The van der Waals surface area contributed by atoms with Gasteiger partial charge in [-0.1, -0.05) is 0 Å². The van der Waals surface area contributed by atoms with E-state index < -0.39 is 15.9 Å². The molecule has 6 heteroatoms. The quantitative estimate of drug-likeness (QED) is 0.565. The molecule has 1 aliphatic rings. The van der Waals surface area contributed by atoms with Crippen LogP contribution in [0.25, 0.3) is 0 Å². The Morgan fingerprint density at radius 2 is 2.15 bits per heavy atom. The molecule has 0 radical (unpaired) electrons. The van der Waals surface area contributed by atoms with E-state index in [-0.39, 0.29) is 17.4 Å². The van der Waals surface area contributed by atoms with Crippen molar-refractivity contribution in [2.24, 2.45) is 0 Å². The molecular weight excluding hydrogens is 192 g/mol. The number of hydrogen-bond donors (Lipinski definition) is 1. The van der Waals surface area contributed by atoms with Gasteiger partial charge in [-0.2, -0.15) is 0 Å². The molecule has 0 aromatic heterocycles. The van der Waals surface area contributed by atoms with Crippen molar-refractivity contribution in [3.63, 3.8) is 0 Å². The maximum absolute atomic E-state index is 11.5. The summed E-state index contributed by atoms with van der Waals surface area (Å²) in [5.41, 5.74) is 0. The average molecular weight is 206 g/mol. The first-order chi connectivity index (χ1) is 5.96. The van der Waals surface area contributed by atoms with Crippen molar-refractivity contribution in [2.45, 2.75) is 6.04 Å². The van der Waals surface area contributed by atoms with E-state index in [0.717, 1.165) is 0 Å². The van der Waals surface area contributed by atoms with Crippen LogP contribution in [-0.4, -0.2) is 57.4 Å². The van der Waals surface area contributed by atoms with E-state index in [1.54, 1.807) is 14.1 Å². The minimum Gasteiger partial charge on any atom is -0.343 e. The highest BCUT2D eigenvalue weighted by molar-refractivity contribution is 7.91. The average Bonchev–Trinajstić information content (AvgIpc) is 2.17. The molecule has 1 saturated heterocycles. The standard InChI is InChI=1S/C7H14N2O3S/c1-8-6-5-13(11,12)4-3-9(2)7(6)10/h6,8H,3-5H2,1-2H3. The van der Waals surface area contributed by atoms with Crippen LogP contribution in [0.2, 0.25) is 0 Å². The normalized spacial score (nSPS) is 28.6. The summed E-state index contributed by atoms with van der Waals surface area (Å²) < 4.78 is 22.6. The monoisotopic (exact) mass is 206 g/mol. The van der Waals surface area contributed by atoms with E-state index in [9.17, 15) is 13.2 Å². The highest BCUT2D eigenvalue weighted by atomic mass is 32.2. The van der Waals surface area contributed by atoms with Crippen LogP contribution < -0.4 is 5.32 Å². The number of nitrogens with zero attached hydrogens (tertiary/aromatic N) is 1. The molecule has 0 aromatic carbocycles. The first kappa shape index (κ1) is 10.5. The van der Waals surface area contributed by atoms with Crippen LogP contribution in [0.5, 0.6) is 0 Å². The second-order valence-corrected chi connectivity index (χ2v) is 5.44. The molecule has 13 heavy (non-hydrogen) atoms. The van der Waals surface area contributed by atoms with Crippen molar-refractivity contribution in [3.8, 4) is 0 Å². The molecule has 0 aliphatic carbocycles. The van der Waals surface area contributed by atoms with Gasteiger partial charge in [0, 0.05) is 13.6 Å². The number of rotatable bonds is 1. The van der Waals surface area contributed by atoms with Crippen molar-refractivity contribution >= 4 is 15.7 Å². The molecule has 0 bridgehead atoms. The minimum absolute atomic E-state index is 0.0629. The molecule has 1 aliphatic heterocycles. The summed E-state index contributed by atoms with van der Waals surface area (Å²) in [4.78, 5) is 12.9. The van der Waals surface area contributed by atoms with Gasteiger partial charge in [0.1, 0.15) is 6.04 Å². The Morgan fingerprint density at radius 3 is 2.69 bits per heavy atom. The first-order valence-electron chi connectivity index (χ1n) is 4.09. The van der Waals surface area contributed by atoms with Crippen LogP contribution in [0, 0.1) is 0 Å². The number of sulfone groups is 1. The summed E-state index contributed by atoms with van der Waals surface area (Å²) in [6, 6.07) is -0.586. The summed E-state index contributed by atoms with van der Waals surface area (Å²) in [5, 5.41) is 2.71. The first-order valence-corrected chi connectivity index (χ1v) is 5.91. The van der Waals surface area contributed by atoms with Crippen molar-refractivity contribution < 1.29 is 13.2 Å². The molecule has 1 atom stereocenters. The summed E-state index contributed by atoms with van der Waals surface area (Å²) >= 11 is 0. The van der Waals surface area contributed by atoms with Crippen LogP contribution >= 0.6 is 0 Å². The van der Waals surface area contributed by atoms with Crippen LogP contribution in [-0.2, 0) is 14.6 Å². The van der Waals surface area contributed by atoms with Gasteiger partial charge >= 0.3 is 0 Å². The van der Waals surface area contributed by atoms with E-state index in [0.29, 0.717) is 6.54 Å². The highest BCUT2D eigenvalue weighted by Gasteiger charge is 2.30. The number of likely N-dealkylation sites (N-methyl/N-ethyl adjacent to an activating group) is 2. The summed E-state index contributed by atoms with van der Waals surface area (Å²) in [6.07, 6.45) is 0. The Balaban J connectivity index is 2.89. The zero-order chi connectivity index (χ0) is 10.1. The van der Waals surface area contributed by atoms with Gasteiger partial charge in [0.25, 0.3) is 0 Å². The topological polar surface area (TPSA) is 66.5 Å². The Hall–Kier alpha value is -0.620. The third-order valence-electron chi connectivity index (χ3n) is 2.18. The van der Waals surface area contributed by atoms with Gasteiger partial charge in [-0.25, -0.2) is 8.42 Å². The minimum atomic E-state index is -3.07. The maximum Gasteiger partial charge on any atom is 0.240 e. The maximum atomic E-state index is 11.5. The fourth-order valence-corrected chi connectivity index (χ4v) is 2.80. The second-order valence-electron chi connectivity index (χ2n) is 3.22. The van der Waals surface area contributed by atoms with Gasteiger partial charge < -0.3 is 10.2 Å². The van der Waals surface area contributed by atoms with Crippen molar-refractivity contribution in [1.29, 1.82) is 0 Å². The smallest absolute Gasteiger partial charge is 0.240 e. The molecular formula is C7H14N2O3S. The second kappa shape index (κ2) is 3.63. The summed E-state index contributed by atoms with van der Waals surface area (Å²) in [6.45, 7) is 0.291. The Bertz CT molecular complexity index is 299. The van der Waals surface area contributed by atoms with E-state index in [2.05, 4.69) is 5.32 Å². The fraction of sp³-hybridized carbons (Fsp3) is 0.857. The lowest BCUT2D eigenvalue weighted by atomic mass is 10.3. The molecule has 1 heterocycles. The number of carbonyl (C=O) groups is 1. The Morgan fingerprint density at radius 1 is 1.54 bits per heavy atom. The van der Waals surface area contributed by atoms with E-state index in [4.69, 9.17) is 0 Å². The van der Waals surface area contributed by atoms with E-state index in [1.165, 1.54) is 4.90 Å². The molecule has 1 rings (SSSR count). The van der Waals surface area contributed by atoms with Crippen molar-refractivity contribution in [1.82, 2.24) is 10.2 Å². The Labute approximate surface area is 78.0 Å². The molecule has 1 unspecified atom stereocenters. The van der Waals surface area contributed by atoms with Gasteiger partial charge in [-0.3, -0.25) is 4.79 Å². The summed E-state index contributed by atoms with van der Waals surface area (Å²) in [5.74, 6) is -0.177. The van der Waals surface area contributed by atoms with Crippen LogP contribution in [0.15, 0.2) is 0 Å². The third-order valence-corrected chi connectivity index (χ3v) is 3.83. The van der Waals surface area contributed by atoms with Crippen molar-refractivity contribution in [3.05, 3.63) is 0 Å². The molecule has 1 fully saturated rings. The van der Waals surface area contributed by atoms with Crippen LogP contribution in [0.3, 0.4) is 0 Å². The fourth-order valence-electron chi connectivity index (χ4n) is 1.27. The number of nitrogens with one attached hydrogen (secondary N) is 1. The van der Waals surface area contributed by atoms with Gasteiger partial charge in [0.05, 0.1) is 11.5 Å². The van der Waals surface area contributed by atoms with Crippen molar-refractivity contribution in [2.75, 3.05) is 32.1 Å². The largest absolute Gasteiger partial charge is 0.343 e. The molecule has 1 amide bonds. The van der Waals surface area contributed by atoms with Gasteiger partial charge in [0.15, 0.2) is 9.84 Å². The molecule has 0 spiro atoms. The van der Waals surface area contributed by atoms with Gasteiger partial charge in [-0.05, 0) is 7.05 Å². The Kier molecular flexibility index (Phi) is 2.92. The zero-order valence-electron chi connectivity index (χ0n) is 7.78. The molecule has 5 nitrogen and oxygen atoms in total. The van der Waals surface area contributed by atoms with Crippen LogP contribution in [0.4, 0.5) is 0 Å². The van der Waals surface area contributed by atoms with Gasteiger partial charge in [-0.15, -0.1) is 0 Å². The predicted octanol–water partition coefficient (Wildman–Crippen LogP) is -1.54. The lowest BCUT2D eigenvalue weighted by Crippen LogP contribution is -2.44. The molecule has 0 aromatic rings. The molecule has 76 valence electrons. The van der Waals surface area contributed by atoms with Gasteiger partial charge in [0.2, 0.25) is 5.91 Å². The number of amides is 1. The molecule has 1 N–H and O–H groups in total. The summed E-state index contributed by atoms with van der Waals surface area (Å²) in [7, 11) is 0.142. The van der Waals surface area contributed by atoms with E-state index >= 15 is 0 Å². The SMILES string of the molecule is CNC1CS(=O)(=O)CCN(C)C1=O. The molecule has 0 saturated carbocycles. The third kappa shape index (κ3) is 2.41. The predicted molar refractivity (Wildman–Crippen MR) is 49.1 cm³/mol. The highest BCUT2D eigenvalue weighted by Crippen LogP contribution is 2.05. The van der Waals surface area contributed by atoms with Crippen LogP contribution in [0.1, 0.15) is 0 Å². The number of hydrogen-bond acceptors (Lipinski definition) is 4. The zero-order valence-corrected chi connectivity index (χ0v) is 8.60.